The van der Waals surface area contributed by atoms with Crippen LogP contribution in [0, 0.1) is 6.92 Å². The molecule has 0 aliphatic rings. The minimum Gasteiger partial charge on any atom is -0.350 e. The number of nitrogens with zero attached hydrogens (tertiary/aromatic N) is 3. The number of hydrogen-bond donors (Lipinski definition) is 1. The first kappa shape index (κ1) is 13.1. The Morgan fingerprint density at radius 3 is 2.68 bits per heavy atom. The van der Waals surface area contributed by atoms with E-state index in [1.807, 2.05) is 19.1 Å². The van der Waals surface area contributed by atoms with E-state index < -0.39 is 0 Å². The fraction of sp³-hybridized carbons (Fsp3) is 0.286. The third kappa shape index (κ3) is 4.46. The summed E-state index contributed by atoms with van der Waals surface area (Å²) in [5.74, 6) is 0.0131. The van der Waals surface area contributed by atoms with Gasteiger partial charge in [-0.05, 0) is 31.0 Å². The van der Waals surface area contributed by atoms with Gasteiger partial charge in [-0.25, -0.2) is 0 Å². The number of pyridine rings is 1. The lowest BCUT2D eigenvalue weighted by atomic mass is 10.1. The van der Waals surface area contributed by atoms with Crippen LogP contribution in [0.4, 0.5) is 0 Å². The zero-order chi connectivity index (χ0) is 13.5. The van der Waals surface area contributed by atoms with Crippen molar-refractivity contribution in [1.82, 2.24) is 20.3 Å². The highest BCUT2D eigenvalue weighted by molar-refractivity contribution is 5.76. The molecule has 98 valence electrons. The predicted molar refractivity (Wildman–Crippen MR) is 71.2 cm³/mol. The van der Waals surface area contributed by atoms with E-state index >= 15 is 0 Å². The zero-order valence-electron chi connectivity index (χ0n) is 10.8. The summed E-state index contributed by atoms with van der Waals surface area (Å²) in [6, 6.07) is 3.83. The summed E-state index contributed by atoms with van der Waals surface area (Å²) in [6.45, 7) is 2.30. The van der Waals surface area contributed by atoms with Gasteiger partial charge in [-0.3, -0.25) is 19.7 Å². The van der Waals surface area contributed by atoms with E-state index in [0.717, 1.165) is 17.0 Å². The predicted octanol–water partition coefficient (Wildman–Crippen LogP) is 1.43. The van der Waals surface area contributed by atoms with Gasteiger partial charge < -0.3 is 5.32 Å². The second kappa shape index (κ2) is 6.58. The summed E-state index contributed by atoms with van der Waals surface area (Å²) in [5, 5.41) is 2.83. The lowest BCUT2D eigenvalue weighted by molar-refractivity contribution is -0.121. The van der Waals surface area contributed by atoms with Crippen molar-refractivity contribution >= 4 is 5.91 Å². The molecule has 0 bridgehead atoms. The molecule has 5 nitrogen and oxygen atoms in total. The number of hydrogen-bond acceptors (Lipinski definition) is 4. The number of carbonyl (C=O) groups is 1. The molecule has 0 unspecified atom stereocenters. The molecule has 2 aromatic heterocycles. The highest BCUT2D eigenvalue weighted by Crippen LogP contribution is 2.01. The summed E-state index contributed by atoms with van der Waals surface area (Å²) in [5.41, 5.74) is 2.75. The lowest BCUT2D eigenvalue weighted by Crippen LogP contribution is -2.23. The molecule has 0 aliphatic carbocycles. The second-order valence-electron chi connectivity index (χ2n) is 4.28. The molecule has 0 fully saturated rings. The van der Waals surface area contributed by atoms with Crippen LogP contribution < -0.4 is 5.32 Å². The normalized spacial score (nSPS) is 10.2. The third-order valence-corrected chi connectivity index (χ3v) is 2.69. The van der Waals surface area contributed by atoms with Crippen LogP contribution >= 0.6 is 0 Å². The van der Waals surface area contributed by atoms with Crippen molar-refractivity contribution < 1.29 is 4.79 Å². The summed E-state index contributed by atoms with van der Waals surface area (Å²) in [7, 11) is 0. The Morgan fingerprint density at radius 2 is 2.00 bits per heavy atom. The van der Waals surface area contributed by atoms with Crippen LogP contribution in [0.15, 0.2) is 36.9 Å². The van der Waals surface area contributed by atoms with Crippen molar-refractivity contribution in [1.29, 1.82) is 0 Å². The van der Waals surface area contributed by atoms with Gasteiger partial charge in [0.25, 0.3) is 0 Å². The Bertz CT molecular complexity index is 525. The number of aromatic nitrogens is 3. The minimum absolute atomic E-state index is 0.0131. The number of carbonyl (C=O) groups excluding carboxylic acids is 1. The Morgan fingerprint density at radius 1 is 1.21 bits per heavy atom. The molecule has 2 rings (SSSR count). The number of aryl methyl sites for hydroxylation is 2. The quantitative estimate of drug-likeness (QED) is 0.878. The molecule has 0 radical (unpaired) electrons. The van der Waals surface area contributed by atoms with Gasteiger partial charge >= 0.3 is 0 Å². The van der Waals surface area contributed by atoms with Crippen molar-refractivity contribution in [2.45, 2.75) is 26.3 Å². The van der Waals surface area contributed by atoms with E-state index in [2.05, 4.69) is 20.3 Å². The highest BCUT2D eigenvalue weighted by atomic mass is 16.1. The van der Waals surface area contributed by atoms with Gasteiger partial charge in [0.1, 0.15) is 0 Å². The SMILES string of the molecule is Cc1cnc(CNC(=O)CCc2ccncc2)cn1. The summed E-state index contributed by atoms with van der Waals surface area (Å²) < 4.78 is 0. The average Bonchev–Trinajstić information content (AvgIpc) is 2.45. The Hall–Kier alpha value is -2.30. The van der Waals surface area contributed by atoms with Crippen LogP contribution in [0.3, 0.4) is 0 Å². The van der Waals surface area contributed by atoms with Crippen molar-refractivity contribution in [2.75, 3.05) is 0 Å². The van der Waals surface area contributed by atoms with Crippen molar-refractivity contribution in [3.05, 3.63) is 53.9 Å². The third-order valence-electron chi connectivity index (χ3n) is 2.69. The Labute approximate surface area is 112 Å². The molecule has 0 saturated heterocycles. The fourth-order valence-corrected chi connectivity index (χ4v) is 1.60. The largest absolute Gasteiger partial charge is 0.350 e. The molecule has 19 heavy (non-hydrogen) atoms. The molecule has 1 amide bonds. The molecule has 0 atom stereocenters. The van der Waals surface area contributed by atoms with Crippen LogP contribution in [0.5, 0.6) is 0 Å². The maximum atomic E-state index is 11.7. The molecule has 5 heteroatoms. The molecular weight excluding hydrogens is 240 g/mol. The van der Waals surface area contributed by atoms with E-state index in [9.17, 15) is 4.79 Å². The van der Waals surface area contributed by atoms with Gasteiger partial charge in [-0.1, -0.05) is 0 Å². The number of rotatable bonds is 5. The van der Waals surface area contributed by atoms with Gasteiger partial charge in [-0.15, -0.1) is 0 Å². The van der Waals surface area contributed by atoms with Crippen LogP contribution in [0.25, 0.3) is 0 Å². The smallest absolute Gasteiger partial charge is 0.220 e. The second-order valence-corrected chi connectivity index (χ2v) is 4.28. The number of amides is 1. The first-order chi connectivity index (χ1) is 9.24. The van der Waals surface area contributed by atoms with E-state index in [0.29, 0.717) is 19.4 Å². The van der Waals surface area contributed by atoms with Gasteiger partial charge in [0.05, 0.1) is 24.1 Å². The molecular formula is C14H16N4O. The maximum Gasteiger partial charge on any atom is 0.220 e. The Kier molecular flexibility index (Phi) is 4.55. The topological polar surface area (TPSA) is 67.8 Å². The zero-order valence-corrected chi connectivity index (χ0v) is 10.8. The summed E-state index contributed by atoms with van der Waals surface area (Å²) in [6.07, 6.45) is 8.01. The summed E-state index contributed by atoms with van der Waals surface area (Å²) >= 11 is 0. The Balaban J connectivity index is 1.74. The maximum absolute atomic E-state index is 11.7. The van der Waals surface area contributed by atoms with Crippen LogP contribution in [0.1, 0.15) is 23.4 Å². The molecule has 0 aliphatic heterocycles. The molecule has 1 N–H and O–H groups in total. The van der Waals surface area contributed by atoms with Gasteiger partial charge in [-0.2, -0.15) is 0 Å². The highest BCUT2D eigenvalue weighted by Gasteiger charge is 2.03. The van der Waals surface area contributed by atoms with E-state index in [1.165, 1.54) is 0 Å². The molecule has 0 saturated carbocycles. The minimum atomic E-state index is 0.0131. The van der Waals surface area contributed by atoms with Crippen LogP contribution in [-0.4, -0.2) is 20.9 Å². The van der Waals surface area contributed by atoms with Crippen molar-refractivity contribution in [3.8, 4) is 0 Å². The fourth-order valence-electron chi connectivity index (χ4n) is 1.60. The summed E-state index contributed by atoms with van der Waals surface area (Å²) in [4.78, 5) is 23.9. The number of nitrogens with one attached hydrogen (secondary N) is 1. The molecule has 0 aromatic carbocycles. The van der Waals surface area contributed by atoms with Crippen molar-refractivity contribution in [2.24, 2.45) is 0 Å². The average molecular weight is 256 g/mol. The van der Waals surface area contributed by atoms with Gasteiger partial charge in [0.2, 0.25) is 5.91 Å². The first-order valence-electron chi connectivity index (χ1n) is 6.17. The van der Waals surface area contributed by atoms with E-state index in [-0.39, 0.29) is 5.91 Å². The molecule has 2 aromatic rings. The van der Waals surface area contributed by atoms with Crippen LogP contribution in [0.2, 0.25) is 0 Å². The van der Waals surface area contributed by atoms with Gasteiger partial charge in [0.15, 0.2) is 0 Å². The monoisotopic (exact) mass is 256 g/mol. The van der Waals surface area contributed by atoms with Gasteiger partial charge in [0, 0.05) is 25.0 Å². The lowest BCUT2D eigenvalue weighted by Gasteiger charge is -2.04. The van der Waals surface area contributed by atoms with Crippen LogP contribution in [-0.2, 0) is 17.8 Å². The van der Waals surface area contributed by atoms with E-state index in [4.69, 9.17) is 0 Å². The van der Waals surface area contributed by atoms with E-state index in [1.54, 1.807) is 24.8 Å². The standard InChI is InChI=1S/C14H16N4O/c1-11-8-17-13(9-16-11)10-18-14(19)3-2-12-4-6-15-7-5-12/h4-9H,2-3,10H2,1H3,(H,18,19). The van der Waals surface area contributed by atoms with Crippen molar-refractivity contribution in [3.63, 3.8) is 0 Å². The first-order valence-corrected chi connectivity index (χ1v) is 6.17. The molecule has 0 spiro atoms. The molecule has 2 heterocycles.